The van der Waals surface area contributed by atoms with Crippen molar-refractivity contribution in [1.29, 1.82) is 0 Å². The van der Waals surface area contributed by atoms with Gasteiger partial charge in [-0.2, -0.15) is 0 Å². The maximum atomic E-state index is 14.0. The minimum atomic E-state index is -1.36. The monoisotopic (exact) mass is 1150 g/mol. The smallest absolute Gasteiger partial charge is 0.410 e. The summed E-state index contributed by atoms with van der Waals surface area (Å²) in [5.41, 5.74) is 6.98. The van der Waals surface area contributed by atoms with Crippen LogP contribution in [0.4, 0.5) is 14.4 Å². The van der Waals surface area contributed by atoms with Gasteiger partial charge in [-0.05, 0) is 158 Å². The van der Waals surface area contributed by atoms with Crippen LogP contribution >= 0.6 is 0 Å². The van der Waals surface area contributed by atoms with Crippen LogP contribution in [-0.2, 0) is 54.1 Å². The molecule has 0 unspecified atom stereocenters. The second kappa shape index (κ2) is 35.5. The van der Waals surface area contributed by atoms with E-state index in [1.165, 1.54) is 9.80 Å². The summed E-state index contributed by atoms with van der Waals surface area (Å²) in [6.45, 7) is 22.8. The van der Waals surface area contributed by atoms with Crippen molar-refractivity contribution >= 4 is 64.7 Å². The van der Waals surface area contributed by atoms with Gasteiger partial charge in [0.2, 0.25) is 29.5 Å². The van der Waals surface area contributed by atoms with Gasteiger partial charge in [0.1, 0.15) is 34.5 Å². The minimum Gasteiger partial charge on any atom is -0.460 e. The third-order valence-electron chi connectivity index (χ3n) is 11.6. The molecule has 1 aromatic heterocycles. The second-order valence-corrected chi connectivity index (χ2v) is 23.9. The van der Waals surface area contributed by atoms with E-state index in [9.17, 15) is 43.2 Å². The molecule has 2 atom stereocenters. The van der Waals surface area contributed by atoms with E-state index < -0.39 is 82.9 Å². The molecule has 2 aromatic rings. The minimum absolute atomic E-state index is 0.00801. The van der Waals surface area contributed by atoms with E-state index in [1.54, 1.807) is 89.3 Å². The molecule has 0 saturated carbocycles. The van der Waals surface area contributed by atoms with Gasteiger partial charge in [0.15, 0.2) is 0 Å². The van der Waals surface area contributed by atoms with Crippen LogP contribution in [0.2, 0.25) is 0 Å². The molecule has 8 amide bonds. The summed E-state index contributed by atoms with van der Waals surface area (Å²) in [6.07, 6.45) is 3.60. The molecule has 1 heterocycles. The molecule has 0 aliphatic rings. The average Bonchev–Trinajstić information content (AvgIpc) is 3.75. The summed E-state index contributed by atoms with van der Waals surface area (Å²) in [5.74, 6) is -3.09. The number of para-hydroxylation sites is 1. The number of nitrogens with zero attached hydrogens (tertiary/aromatic N) is 5. The molecule has 82 heavy (non-hydrogen) atoms. The summed E-state index contributed by atoms with van der Waals surface area (Å²) in [6, 6.07) is 4.96. The first-order chi connectivity index (χ1) is 38.3. The Morgan fingerprint density at radius 3 is 1.62 bits per heavy atom. The van der Waals surface area contributed by atoms with Crippen molar-refractivity contribution in [2.24, 2.45) is 5.11 Å². The van der Waals surface area contributed by atoms with E-state index in [0.29, 0.717) is 76.7 Å². The van der Waals surface area contributed by atoms with Crippen molar-refractivity contribution in [2.45, 2.75) is 201 Å². The predicted molar refractivity (Wildman–Crippen MR) is 310 cm³/mol. The third-order valence-corrected chi connectivity index (χ3v) is 11.6. The van der Waals surface area contributed by atoms with Crippen molar-refractivity contribution in [2.75, 3.05) is 58.9 Å². The Morgan fingerprint density at radius 1 is 0.561 bits per heavy atom. The fourth-order valence-electron chi connectivity index (χ4n) is 7.87. The molecule has 0 bridgehead atoms. The SMILES string of the molecule is CC(C)(C)OC(=O)C[C@H](NC(=O)[C@H](CCCNC(=O)OC(C)(C)C)NC(=O)Cc1c[nH]c2ccccc12)C(=O)NCCCCCNC(=O)CCN(CCCCNC(=O)CCN(CCCCN=[N+]=[N-])C(=O)OC(C)(C)C)C(=O)OC(C)(C)C. The van der Waals surface area contributed by atoms with Crippen molar-refractivity contribution in [3.05, 3.63) is 46.5 Å². The van der Waals surface area contributed by atoms with Gasteiger partial charge in [-0.25, -0.2) is 14.4 Å². The Labute approximate surface area is 483 Å². The molecule has 0 aliphatic heterocycles. The predicted octanol–water partition coefficient (Wildman–Crippen LogP) is 7.36. The van der Waals surface area contributed by atoms with E-state index >= 15 is 0 Å². The van der Waals surface area contributed by atoms with Gasteiger partial charge in [-0.15, -0.1) is 0 Å². The first kappa shape index (κ1) is 70.8. The van der Waals surface area contributed by atoms with Crippen molar-refractivity contribution < 1.29 is 62.1 Å². The lowest BCUT2D eigenvalue weighted by atomic mass is 10.1. The number of benzene rings is 1. The van der Waals surface area contributed by atoms with Gasteiger partial charge in [-0.1, -0.05) is 23.3 Å². The Kier molecular flexibility index (Phi) is 30.7. The highest BCUT2D eigenvalue weighted by Crippen LogP contribution is 2.19. The second-order valence-electron chi connectivity index (χ2n) is 23.9. The number of hydrogen-bond acceptors (Lipinski definition) is 14. The highest BCUT2D eigenvalue weighted by molar-refractivity contribution is 5.95. The number of esters is 1. The number of hydrogen-bond donors (Lipinski definition) is 7. The number of carbonyl (C=O) groups excluding carboxylic acids is 9. The fraction of sp³-hybridized carbons (Fsp3) is 0.702. The molecule has 1 aromatic carbocycles. The number of aromatic amines is 1. The van der Waals surface area contributed by atoms with Gasteiger partial charge in [0, 0.05) is 93.8 Å². The average molecular weight is 1160 g/mol. The zero-order valence-electron chi connectivity index (χ0n) is 50.6. The molecule has 25 nitrogen and oxygen atoms in total. The van der Waals surface area contributed by atoms with Crippen LogP contribution in [-0.4, -0.2) is 162 Å². The highest BCUT2D eigenvalue weighted by Gasteiger charge is 2.31. The van der Waals surface area contributed by atoms with Crippen LogP contribution in [0.15, 0.2) is 35.6 Å². The number of carbonyl (C=O) groups is 9. The van der Waals surface area contributed by atoms with Crippen LogP contribution in [0, 0.1) is 0 Å². The maximum absolute atomic E-state index is 14.0. The zero-order valence-corrected chi connectivity index (χ0v) is 50.6. The van der Waals surface area contributed by atoms with Gasteiger partial charge in [0.05, 0.1) is 12.8 Å². The number of rotatable bonds is 34. The highest BCUT2D eigenvalue weighted by atomic mass is 16.6. The first-order valence-corrected chi connectivity index (χ1v) is 28.5. The standard InChI is InChI=1S/C57H94N12O13/c1-54(2,3)79-48(73)38-44(66-50(75)43(25-22-31-62-51(76)80-55(4,5)6)65-47(72)37-40-39-63-42-24-15-14-23-41(40)42)49(74)61-30-17-13-16-28-59-45(70)26-35-68(52(77)81-56(7,8)9)33-20-18-29-60-46(71)27-36-69(34-21-19-32-64-67-58)53(78)82-57(10,11)12/h14-15,23-24,39,43-44,63H,13,16-22,25-38H2,1-12H3,(H,59,70)(H,60,71)(H,61,74)(H,62,76)(H,65,72)(H,66,75)/t43-,44-/m0/s1. The molecule has 7 N–H and O–H groups in total. The summed E-state index contributed by atoms with van der Waals surface area (Å²) in [4.78, 5) is 127. The third kappa shape index (κ3) is 32.8. The van der Waals surface area contributed by atoms with E-state index in [-0.39, 0.29) is 76.6 Å². The lowest BCUT2D eigenvalue weighted by Gasteiger charge is -2.27. The van der Waals surface area contributed by atoms with Crippen LogP contribution in [0.3, 0.4) is 0 Å². The molecular weight excluding hydrogens is 1060 g/mol. The summed E-state index contributed by atoms with van der Waals surface area (Å²) < 4.78 is 21.9. The molecule has 25 heteroatoms. The summed E-state index contributed by atoms with van der Waals surface area (Å²) >= 11 is 0. The molecule has 0 radical (unpaired) electrons. The number of ether oxygens (including phenoxy) is 4. The Morgan fingerprint density at radius 2 is 1.07 bits per heavy atom. The molecule has 0 aliphatic carbocycles. The maximum Gasteiger partial charge on any atom is 0.410 e. The van der Waals surface area contributed by atoms with Crippen LogP contribution in [0.5, 0.6) is 0 Å². The molecule has 0 spiro atoms. The Bertz CT molecular complexity index is 2430. The van der Waals surface area contributed by atoms with Gasteiger partial charge in [-0.3, -0.25) is 28.8 Å². The number of azide groups is 1. The number of amides is 8. The first-order valence-electron chi connectivity index (χ1n) is 28.5. The van der Waals surface area contributed by atoms with Crippen molar-refractivity contribution in [1.82, 2.24) is 46.7 Å². The fourth-order valence-corrected chi connectivity index (χ4v) is 7.87. The number of nitrogens with one attached hydrogen (secondary N) is 7. The quantitative estimate of drug-likeness (QED) is 0.00900. The number of H-pyrrole nitrogens is 1. The molecule has 0 saturated heterocycles. The van der Waals surface area contributed by atoms with Crippen molar-refractivity contribution in [3.8, 4) is 0 Å². The van der Waals surface area contributed by atoms with Crippen LogP contribution in [0.25, 0.3) is 21.3 Å². The molecule has 2 rings (SSSR count). The number of aromatic nitrogens is 1. The number of alkyl carbamates (subject to hydrolysis) is 1. The van der Waals surface area contributed by atoms with E-state index in [0.717, 1.165) is 10.9 Å². The van der Waals surface area contributed by atoms with Crippen molar-refractivity contribution in [3.63, 3.8) is 0 Å². The van der Waals surface area contributed by atoms with Crippen LogP contribution in [0.1, 0.15) is 166 Å². The van der Waals surface area contributed by atoms with E-state index in [2.05, 4.69) is 46.9 Å². The zero-order chi connectivity index (χ0) is 61.5. The number of unbranched alkanes of at least 4 members (excludes halogenated alkanes) is 4. The normalized spacial score (nSPS) is 12.3. The lowest BCUT2D eigenvalue weighted by Crippen LogP contribution is -2.55. The van der Waals surface area contributed by atoms with Gasteiger partial charge >= 0.3 is 24.2 Å². The topological polar surface area (TPSA) is 334 Å². The van der Waals surface area contributed by atoms with Gasteiger partial charge in [0.25, 0.3) is 0 Å². The van der Waals surface area contributed by atoms with E-state index in [1.807, 2.05) is 24.3 Å². The number of fused-ring (bicyclic) bond motifs is 1. The molecule has 460 valence electrons. The molecule has 0 fully saturated rings. The van der Waals surface area contributed by atoms with E-state index in [4.69, 9.17) is 24.5 Å². The summed E-state index contributed by atoms with van der Waals surface area (Å²) in [7, 11) is 0. The largest absolute Gasteiger partial charge is 0.460 e. The van der Waals surface area contributed by atoms with Gasteiger partial charge < -0.3 is 65.6 Å². The Balaban J connectivity index is 1.94. The lowest BCUT2D eigenvalue weighted by molar-refractivity contribution is -0.156. The van der Waals surface area contributed by atoms with Crippen LogP contribution < -0.4 is 31.9 Å². The summed E-state index contributed by atoms with van der Waals surface area (Å²) in [5, 5.41) is 21.0. The Hall–Kier alpha value is -7.30. The molecular formula is C57H94N12O13.